The van der Waals surface area contributed by atoms with Crippen molar-refractivity contribution in [2.24, 2.45) is 0 Å². The lowest BCUT2D eigenvalue weighted by atomic mass is 10.0. The average molecular weight is 1190 g/mol. The van der Waals surface area contributed by atoms with E-state index in [2.05, 4.69) is 16.6 Å². The number of carboxylic acid groups (broad SMARTS) is 1. The normalized spacial score (nSPS) is 15.5. The van der Waals surface area contributed by atoms with Gasteiger partial charge in [0.05, 0.1) is 62.9 Å². The number of carbonyl (C=O) groups is 6. The molecule has 4 aliphatic rings. The summed E-state index contributed by atoms with van der Waals surface area (Å²) in [6, 6.07) is 23.4. The molecule has 4 amide bonds. The van der Waals surface area contributed by atoms with E-state index in [1.54, 1.807) is 18.9 Å². The number of rotatable bonds is 16. The Morgan fingerprint density at radius 1 is 0.643 bits per heavy atom. The number of nitrogens with zero attached hydrogens (tertiary/aromatic N) is 4. The fourth-order valence-corrected chi connectivity index (χ4v) is 10.00. The van der Waals surface area contributed by atoms with Crippen LogP contribution in [-0.4, -0.2) is 104 Å². The number of hydrogen-bond donors (Lipinski definition) is 4. The van der Waals surface area contributed by atoms with Gasteiger partial charge in [0.1, 0.15) is 47.6 Å². The van der Waals surface area contributed by atoms with E-state index in [0.29, 0.717) is 25.8 Å². The first-order valence-corrected chi connectivity index (χ1v) is 26.4. The van der Waals surface area contributed by atoms with Crippen molar-refractivity contribution in [1.82, 2.24) is 29.7 Å². The predicted molar refractivity (Wildman–Crippen MR) is 288 cm³/mol. The van der Waals surface area contributed by atoms with Crippen LogP contribution in [0.5, 0.6) is 11.5 Å². The monoisotopic (exact) mass is 1190 g/mol. The maximum Gasteiger partial charge on any atom is 0.341 e. The number of nitrogens with one attached hydrogen (secondary N) is 2. The lowest BCUT2D eigenvalue weighted by Crippen LogP contribution is -3.00. The molecule has 84 heavy (non-hydrogen) atoms. The summed E-state index contributed by atoms with van der Waals surface area (Å²) in [7, 11) is 0. The van der Waals surface area contributed by atoms with Gasteiger partial charge in [-0.3, -0.25) is 39.4 Å². The first-order valence-electron chi connectivity index (χ1n) is 26.4. The van der Waals surface area contributed by atoms with Crippen molar-refractivity contribution < 1.29 is 88.6 Å². The van der Waals surface area contributed by atoms with Crippen LogP contribution in [0.3, 0.4) is 0 Å². The molecule has 0 unspecified atom stereocenters. The van der Waals surface area contributed by atoms with Crippen molar-refractivity contribution in [3.05, 3.63) is 197 Å². The molecular formula is C59H60ClF4N7O13. The second kappa shape index (κ2) is 27.6. The third-order valence-electron chi connectivity index (χ3n) is 14.1. The zero-order valence-electron chi connectivity index (χ0n) is 46.1. The molecule has 6 aromatic rings. The number of hydrogen-bond acceptors (Lipinski definition) is 12. The Morgan fingerprint density at radius 3 is 1.49 bits per heavy atom. The summed E-state index contributed by atoms with van der Waals surface area (Å²) in [4.78, 5) is 106. The predicted octanol–water partition coefficient (Wildman–Crippen LogP) is 2.03. The molecule has 0 bridgehead atoms. The summed E-state index contributed by atoms with van der Waals surface area (Å²) in [6.07, 6.45) is -0.506. The van der Waals surface area contributed by atoms with Crippen LogP contribution in [-0.2, 0) is 58.3 Å². The molecule has 6 heterocycles. The number of benzene rings is 4. The van der Waals surface area contributed by atoms with Gasteiger partial charge in [-0.2, -0.15) is 0 Å². The highest BCUT2D eigenvalue weighted by Gasteiger charge is 2.43. The summed E-state index contributed by atoms with van der Waals surface area (Å²) in [5.74, 6) is -4.22. The number of amides is 4. The molecule has 20 nitrogen and oxygen atoms in total. The van der Waals surface area contributed by atoms with E-state index in [4.69, 9.17) is 18.9 Å². The van der Waals surface area contributed by atoms with E-state index in [1.165, 1.54) is 6.07 Å². The standard InChI is InChI=1S/C30H29F2N3O6.C21H22N2O6.C8H8F2N2O.ClH/c1-17(2)34-13-21-15-40-16-24-25(29(38)33-12-22(36)10-19-8-9-20(31)11-23(19)32)27(37)28(26(30(34)39)35(21)24)41-14-18-6-4-3-5-7-18;1-12(2)22-8-14-10-28-11-15-16(21(26)27)18(24)19(17(20(22)25)23(14)15)29-9-13-6-4-3-5-7-13;9-6-2-1-5(7(10)4-6)3-8(13)12-11;/h3-9,11,17,21H,10,12-16H2,1-2H3,(H,33,38);3-7,12,14H,8-11H2,1-2H3,(H,26,27);1-2,4H,3,11H2,(H,12,13);1H/t21-;14-;;/m11../s1. The van der Waals surface area contributed by atoms with Crippen LogP contribution in [0.1, 0.15) is 115 Å². The van der Waals surface area contributed by atoms with Gasteiger partial charge in [0.15, 0.2) is 28.7 Å². The topological polar surface area (TPSA) is 262 Å². The number of aromatic nitrogens is 2. The average Bonchev–Trinajstić information content (AvgIpc) is 0.868. The Bertz CT molecular complexity index is 3610. The Kier molecular flexibility index (Phi) is 20.6. The van der Waals surface area contributed by atoms with Gasteiger partial charge in [-0.25, -0.2) is 27.8 Å². The van der Waals surface area contributed by atoms with Gasteiger partial charge in [-0.1, -0.05) is 72.8 Å². The Morgan fingerprint density at radius 2 is 1.07 bits per heavy atom. The highest BCUT2D eigenvalue weighted by atomic mass is 35.5. The summed E-state index contributed by atoms with van der Waals surface area (Å²) < 4.78 is 78.9. The van der Waals surface area contributed by atoms with E-state index in [9.17, 15) is 61.0 Å². The Hall–Kier alpha value is -8.71. The summed E-state index contributed by atoms with van der Waals surface area (Å²) in [5, 5.41) is 12.1. The largest absolute Gasteiger partial charge is 1.00 e. The molecule has 0 aliphatic carbocycles. The number of Topliss-reactive ketones (excluding diaryl/α,β-unsaturated/α-hetero) is 1. The van der Waals surface area contributed by atoms with Gasteiger partial charge in [0.2, 0.25) is 10.9 Å². The van der Waals surface area contributed by atoms with Crippen LogP contribution >= 0.6 is 0 Å². The van der Waals surface area contributed by atoms with E-state index >= 15 is 0 Å². The maximum absolute atomic E-state index is 14.0. The van der Waals surface area contributed by atoms with Gasteiger partial charge >= 0.3 is 5.97 Å². The zero-order valence-corrected chi connectivity index (χ0v) is 46.8. The zero-order chi connectivity index (χ0) is 59.8. The van der Waals surface area contributed by atoms with E-state index < -0.39 is 69.8 Å². The number of ether oxygens (including phenoxy) is 4. The molecule has 2 aromatic heterocycles. The van der Waals surface area contributed by atoms with Gasteiger partial charge in [-0.05, 0) is 62.1 Å². The SMILES string of the molecule is CC(C)N1C[C@@H]2COCc3c(C(=O)NCC(=O)Cc4ccc(F)cc4F)c(=O)c(OCc4ccccc4)c(n32)C1=O.CC(C)N1C[C@@H]2COCc3c(C(=O)O)c(=O)c(OCc4ccccc4)c(n32)C1=O.[Cl-].[NH3+]NC(=O)Cc1ccc(F)cc1F. The molecule has 10 rings (SSSR count). The molecule has 6 N–H and O–H groups in total. The van der Waals surface area contributed by atoms with Gasteiger partial charge in [0, 0.05) is 43.7 Å². The van der Waals surface area contributed by atoms with Crippen LogP contribution in [0.15, 0.2) is 107 Å². The van der Waals surface area contributed by atoms with Gasteiger partial charge in [0.25, 0.3) is 23.6 Å². The van der Waals surface area contributed by atoms with Crippen molar-refractivity contribution in [1.29, 1.82) is 0 Å². The number of pyridine rings is 2. The van der Waals surface area contributed by atoms with E-state index in [-0.39, 0.29) is 145 Å². The first kappa shape index (κ1) is 62.9. The second-order valence-electron chi connectivity index (χ2n) is 20.3. The molecule has 444 valence electrons. The van der Waals surface area contributed by atoms with Gasteiger partial charge in [-0.15, -0.1) is 0 Å². The number of ketones is 1. The summed E-state index contributed by atoms with van der Waals surface area (Å²) >= 11 is 0. The molecule has 25 heteroatoms. The van der Waals surface area contributed by atoms with E-state index in [1.807, 2.05) is 88.4 Å². The van der Waals surface area contributed by atoms with Crippen LogP contribution in [0.4, 0.5) is 17.6 Å². The summed E-state index contributed by atoms with van der Waals surface area (Å²) in [5.41, 5.74) is 2.16. The molecule has 4 aromatic carbocycles. The van der Waals surface area contributed by atoms with Crippen molar-refractivity contribution in [3.63, 3.8) is 0 Å². The number of carbonyl (C=O) groups excluding carboxylic acids is 5. The first-order chi connectivity index (χ1) is 39.7. The Balaban J connectivity index is 0.000000204. The smallest absolute Gasteiger partial charge is 0.341 e. The molecule has 0 saturated carbocycles. The fourth-order valence-electron chi connectivity index (χ4n) is 10.00. The number of halogens is 5. The molecule has 0 fully saturated rings. The Labute approximate surface area is 484 Å². The number of aromatic carboxylic acids is 1. The van der Waals surface area contributed by atoms with E-state index in [0.717, 1.165) is 35.4 Å². The third kappa shape index (κ3) is 13.9. The van der Waals surface area contributed by atoms with Crippen molar-refractivity contribution in [2.75, 3.05) is 32.8 Å². The molecule has 4 aliphatic heterocycles. The molecule has 2 atom stereocenters. The third-order valence-corrected chi connectivity index (χ3v) is 14.1. The van der Waals surface area contributed by atoms with Crippen LogP contribution in [0.2, 0.25) is 0 Å². The van der Waals surface area contributed by atoms with Crippen molar-refractivity contribution in [2.45, 2.75) is 91.1 Å². The lowest BCUT2D eigenvalue weighted by Gasteiger charge is -2.42. The highest BCUT2D eigenvalue weighted by Crippen LogP contribution is 2.36. The number of quaternary nitrogens is 1. The van der Waals surface area contributed by atoms with Crippen LogP contribution in [0.25, 0.3) is 0 Å². The minimum absolute atomic E-state index is 0. The second-order valence-corrected chi connectivity index (χ2v) is 20.3. The summed E-state index contributed by atoms with van der Waals surface area (Å²) in [6.45, 7) is 8.25. The molecule has 0 spiro atoms. The highest BCUT2D eigenvalue weighted by molar-refractivity contribution is 6.02. The van der Waals surface area contributed by atoms with Crippen LogP contribution in [0, 0.1) is 23.3 Å². The van der Waals surface area contributed by atoms with Crippen LogP contribution < -0.4 is 49.3 Å². The lowest BCUT2D eigenvalue weighted by molar-refractivity contribution is -0.427. The molecule has 0 radical (unpaired) electrons. The maximum atomic E-state index is 14.0. The minimum atomic E-state index is -1.35. The molecule has 0 saturated heterocycles. The van der Waals surface area contributed by atoms with Gasteiger partial charge < -0.3 is 60.7 Å². The fraction of sp³-hybridized carbons (Fsp3) is 0.322. The minimum Gasteiger partial charge on any atom is -1.00 e. The quantitative estimate of drug-likeness (QED) is 0.0800. The van der Waals surface area contributed by atoms with Crippen molar-refractivity contribution in [3.8, 4) is 11.5 Å². The van der Waals surface area contributed by atoms with Crippen molar-refractivity contribution >= 4 is 35.4 Å². The number of carboxylic acids is 1. The molecular weight excluding hydrogens is 1130 g/mol.